The molecule has 0 amide bonds. The molecule has 11 heteroatoms. The van der Waals surface area contributed by atoms with Gasteiger partial charge in [-0.15, -0.1) is 0 Å². The number of hydrogen-bond acceptors (Lipinski definition) is 4. The second kappa shape index (κ2) is 17.6. The summed E-state index contributed by atoms with van der Waals surface area (Å²) >= 11 is -0.826. The van der Waals surface area contributed by atoms with E-state index in [0.717, 1.165) is 24.4 Å². The van der Waals surface area contributed by atoms with Gasteiger partial charge >= 0.3 is 37.9 Å². The third-order valence-corrected chi connectivity index (χ3v) is 27.5. The van der Waals surface area contributed by atoms with E-state index >= 15 is 0 Å². The topological polar surface area (TPSA) is 36.9 Å². The molecule has 0 heterocycles. The first-order chi connectivity index (χ1) is 19.8. The molecule has 4 nitrogen and oxygen atoms in total. The molecule has 10 radical (unpaired) electrons. The second-order valence-corrected chi connectivity index (χ2v) is 40.7. The van der Waals surface area contributed by atoms with E-state index < -0.39 is 54.1 Å². The van der Waals surface area contributed by atoms with Gasteiger partial charge in [0.1, 0.15) is 24.4 Å². The maximum atomic E-state index is 6.43. The summed E-state index contributed by atoms with van der Waals surface area (Å²) in [6.07, 6.45) is 15.9. The molecule has 0 atom stereocenters. The van der Waals surface area contributed by atoms with Gasteiger partial charge in [-0.05, 0) is 85.4 Å². The fraction of sp³-hybridized carbons (Fsp3) is 0.706. The van der Waals surface area contributed by atoms with Crippen LogP contribution >= 0.6 is 17.0 Å². The molecule has 2 fully saturated rings. The SMILES string of the molecule is CC(C)(C)[Si](C)(C)O[C]1[CH][CH][CH][C]1O[Si](C)(C)C(C)(C)C.CC(C)(C)[Si](C)(C)O[C]1[CH][CH][CH][C]1O[Si](C)(C)C(C)(C)C.[Cl][Zr+2][Cl]. The fourth-order valence-electron chi connectivity index (χ4n) is 2.82. The normalized spacial score (nSPS) is 19.2. The average molecular weight is 813 g/mol. The summed E-state index contributed by atoms with van der Waals surface area (Å²) in [5.74, 6) is 0. The van der Waals surface area contributed by atoms with Crippen molar-refractivity contribution in [3.63, 3.8) is 0 Å². The van der Waals surface area contributed by atoms with Crippen LogP contribution in [0.2, 0.25) is 72.5 Å². The number of hydrogen-bond donors (Lipinski definition) is 0. The fourth-order valence-corrected chi connectivity index (χ4v) is 6.92. The molecule has 258 valence electrons. The number of rotatable bonds is 8. The van der Waals surface area contributed by atoms with Gasteiger partial charge in [0, 0.05) is 25.7 Å². The van der Waals surface area contributed by atoms with Crippen LogP contribution in [0, 0.1) is 62.9 Å². The predicted molar refractivity (Wildman–Crippen MR) is 204 cm³/mol. The van der Waals surface area contributed by atoms with Crippen LogP contribution in [0.5, 0.6) is 0 Å². The quantitative estimate of drug-likeness (QED) is 0.229. The molecular formula is C34H66Cl2O4Si4Zr+2. The summed E-state index contributed by atoms with van der Waals surface area (Å²) in [7, 11) is 2.56. The van der Waals surface area contributed by atoms with Gasteiger partial charge in [-0.25, -0.2) is 0 Å². The monoisotopic (exact) mass is 810 g/mol. The van der Waals surface area contributed by atoms with E-state index in [0.29, 0.717) is 0 Å². The Bertz CT molecular complexity index is 737. The zero-order valence-electron chi connectivity index (χ0n) is 32.4. The zero-order valence-corrected chi connectivity index (χ0v) is 40.3. The molecule has 0 aromatic carbocycles. The van der Waals surface area contributed by atoms with Crippen molar-refractivity contribution in [2.24, 2.45) is 0 Å². The molecule has 0 saturated heterocycles. The molecule has 0 bridgehead atoms. The van der Waals surface area contributed by atoms with Gasteiger partial charge in [0.2, 0.25) is 0 Å². The van der Waals surface area contributed by atoms with Gasteiger partial charge in [-0.1, -0.05) is 83.1 Å². The third kappa shape index (κ3) is 14.7. The first-order valence-electron chi connectivity index (χ1n) is 16.0. The summed E-state index contributed by atoms with van der Waals surface area (Å²) in [5.41, 5.74) is 0. The maximum absolute atomic E-state index is 6.43. The van der Waals surface area contributed by atoms with Crippen molar-refractivity contribution in [1.29, 1.82) is 0 Å². The van der Waals surface area contributed by atoms with Gasteiger partial charge in [-0.3, -0.25) is 0 Å². The Balaban J connectivity index is 0.000000791. The molecule has 0 spiro atoms. The molecular weight excluding hydrogens is 747 g/mol. The van der Waals surface area contributed by atoms with Crippen LogP contribution in [0.4, 0.5) is 0 Å². The van der Waals surface area contributed by atoms with Crippen molar-refractivity contribution in [2.75, 3.05) is 0 Å². The summed E-state index contributed by atoms with van der Waals surface area (Å²) < 4.78 is 25.7. The Hall–Kier alpha value is 2.17. The second-order valence-electron chi connectivity index (χ2n) is 18.0. The van der Waals surface area contributed by atoms with E-state index in [4.69, 9.17) is 34.7 Å². The summed E-state index contributed by atoms with van der Waals surface area (Å²) in [4.78, 5) is 0. The molecule has 0 N–H and O–H groups in total. The van der Waals surface area contributed by atoms with Crippen LogP contribution in [0.3, 0.4) is 0 Å². The van der Waals surface area contributed by atoms with Crippen molar-refractivity contribution in [3.8, 4) is 0 Å². The van der Waals surface area contributed by atoms with E-state index in [1.54, 1.807) is 0 Å². The van der Waals surface area contributed by atoms with Crippen LogP contribution in [0.15, 0.2) is 0 Å². The molecule has 0 unspecified atom stereocenters. The zero-order chi connectivity index (χ0) is 36.1. The minimum absolute atomic E-state index is 0.193. The Morgan fingerprint density at radius 3 is 0.644 bits per heavy atom. The predicted octanol–water partition coefficient (Wildman–Crippen LogP) is 12.8. The summed E-state index contributed by atoms with van der Waals surface area (Å²) in [6, 6.07) is 0. The molecule has 0 aromatic rings. The van der Waals surface area contributed by atoms with Gasteiger partial charge in [0.05, 0.1) is 0 Å². The molecule has 2 saturated carbocycles. The molecule has 45 heavy (non-hydrogen) atoms. The minimum atomic E-state index is -1.83. The molecule has 2 rings (SSSR count). The summed E-state index contributed by atoms with van der Waals surface area (Å²) in [5, 5.41) is 0.772. The van der Waals surface area contributed by atoms with Crippen LogP contribution in [-0.2, 0) is 38.6 Å². The van der Waals surface area contributed by atoms with Gasteiger partial charge in [-0.2, -0.15) is 0 Å². The first-order valence-corrected chi connectivity index (χ1v) is 34.0. The van der Waals surface area contributed by atoms with Crippen molar-refractivity contribution >= 4 is 50.3 Å². The van der Waals surface area contributed by atoms with Crippen LogP contribution in [-0.4, -0.2) is 33.3 Å². The standard InChI is InChI=1S/2C17H33O2Si2.2ClH.Zr/c2*1-16(2,3)20(7,8)18-14-12-11-13-15(14)19-21(9,10)17(4,5)6;;;/h2*11-13H,1-10H3;2*1H;/q;;;;+4/p-2. The Labute approximate surface area is 305 Å². The van der Waals surface area contributed by atoms with E-state index in [1.165, 1.54) is 0 Å². The van der Waals surface area contributed by atoms with E-state index in [1.807, 2.05) is 38.5 Å². The van der Waals surface area contributed by atoms with E-state index in [2.05, 4.69) is 135 Å². The van der Waals surface area contributed by atoms with Crippen molar-refractivity contribution < 1.29 is 38.6 Å². The van der Waals surface area contributed by atoms with E-state index in [9.17, 15) is 0 Å². The molecule has 2 aliphatic rings. The Morgan fingerprint density at radius 1 is 0.400 bits per heavy atom. The third-order valence-electron chi connectivity index (χ3n) is 10.2. The Kier molecular flexibility index (Phi) is 18.4. The van der Waals surface area contributed by atoms with Crippen molar-refractivity contribution in [2.45, 2.75) is 156 Å². The van der Waals surface area contributed by atoms with Crippen LogP contribution < -0.4 is 0 Å². The van der Waals surface area contributed by atoms with Crippen molar-refractivity contribution in [3.05, 3.63) is 62.9 Å². The van der Waals surface area contributed by atoms with Gasteiger partial charge in [0.15, 0.2) is 33.3 Å². The molecule has 0 aromatic heterocycles. The Morgan fingerprint density at radius 2 is 0.533 bits per heavy atom. The van der Waals surface area contributed by atoms with Gasteiger partial charge < -0.3 is 17.7 Å². The summed E-state index contributed by atoms with van der Waals surface area (Å²) in [6.45, 7) is 45.3. The van der Waals surface area contributed by atoms with Crippen LogP contribution in [0.1, 0.15) is 83.1 Å². The van der Waals surface area contributed by atoms with Crippen molar-refractivity contribution in [1.82, 2.24) is 0 Å². The van der Waals surface area contributed by atoms with E-state index in [-0.39, 0.29) is 20.2 Å². The molecule has 0 aliphatic heterocycles. The van der Waals surface area contributed by atoms with Gasteiger partial charge in [0.25, 0.3) is 0 Å². The molecule has 2 aliphatic carbocycles. The van der Waals surface area contributed by atoms with Crippen LogP contribution in [0.25, 0.3) is 0 Å². The first kappa shape index (κ1) is 47.2. The number of halogens is 2. The average Bonchev–Trinajstić information content (AvgIpc) is 3.39.